The number of carbonyl (C=O) groups is 1. The number of aromatic nitrogens is 3. The van der Waals surface area contributed by atoms with Gasteiger partial charge < -0.3 is 8.94 Å². The molecular formula is C11H14N4O3S2. The zero-order valence-electron chi connectivity index (χ0n) is 11.2. The van der Waals surface area contributed by atoms with Crippen molar-refractivity contribution in [2.45, 2.75) is 30.1 Å². The van der Waals surface area contributed by atoms with Crippen molar-refractivity contribution in [2.24, 2.45) is 0 Å². The standard InChI is InChI=1S/C11H14N4O3S2/c1-6-4-8(18-15-6)12-10(16)7(2)20-11-14-13-9(17-11)5-19-3/h4,7H,5H2,1-3H3,(H,12,16). The Morgan fingerprint density at radius 2 is 2.30 bits per heavy atom. The molecule has 9 heteroatoms. The van der Waals surface area contributed by atoms with Crippen LogP contribution in [0.1, 0.15) is 18.5 Å². The van der Waals surface area contributed by atoms with Crippen LogP contribution in [0.4, 0.5) is 5.88 Å². The fraction of sp³-hybridized carbons (Fsp3) is 0.455. The lowest BCUT2D eigenvalue weighted by atomic mass is 10.4. The first kappa shape index (κ1) is 14.9. The molecule has 0 bridgehead atoms. The third-order valence-electron chi connectivity index (χ3n) is 2.24. The molecule has 7 nitrogen and oxygen atoms in total. The molecule has 2 aromatic rings. The van der Waals surface area contributed by atoms with Crippen LogP contribution in [-0.2, 0) is 10.5 Å². The highest BCUT2D eigenvalue weighted by Gasteiger charge is 2.19. The summed E-state index contributed by atoms with van der Waals surface area (Å²) in [6, 6.07) is 1.65. The second kappa shape index (κ2) is 6.80. The van der Waals surface area contributed by atoms with E-state index >= 15 is 0 Å². The first-order chi connectivity index (χ1) is 9.58. The number of hydrogen-bond donors (Lipinski definition) is 1. The number of thioether (sulfide) groups is 2. The average molecular weight is 314 g/mol. The Kier molecular flexibility index (Phi) is 5.07. The van der Waals surface area contributed by atoms with Crippen LogP contribution < -0.4 is 5.32 Å². The fourth-order valence-electron chi connectivity index (χ4n) is 1.32. The normalized spacial score (nSPS) is 12.3. The van der Waals surface area contributed by atoms with Gasteiger partial charge in [-0.15, -0.1) is 10.2 Å². The van der Waals surface area contributed by atoms with E-state index in [1.54, 1.807) is 31.7 Å². The number of anilines is 1. The molecule has 0 saturated carbocycles. The summed E-state index contributed by atoms with van der Waals surface area (Å²) in [5.41, 5.74) is 0.708. The summed E-state index contributed by atoms with van der Waals surface area (Å²) in [6.07, 6.45) is 1.95. The summed E-state index contributed by atoms with van der Waals surface area (Å²) < 4.78 is 10.3. The molecule has 2 rings (SSSR count). The van der Waals surface area contributed by atoms with Crippen LogP contribution in [0.2, 0.25) is 0 Å². The highest BCUT2D eigenvalue weighted by molar-refractivity contribution is 8.00. The largest absolute Gasteiger partial charge is 0.415 e. The Balaban J connectivity index is 1.89. The summed E-state index contributed by atoms with van der Waals surface area (Å²) in [5, 5.41) is 14.1. The van der Waals surface area contributed by atoms with Gasteiger partial charge in [-0.2, -0.15) is 11.8 Å². The molecule has 0 aliphatic rings. The summed E-state index contributed by atoms with van der Waals surface area (Å²) in [6.45, 7) is 3.53. The molecule has 0 aliphatic carbocycles. The maximum absolute atomic E-state index is 11.9. The molecule has 0 saturated heterocycles. The Bertz CT molecular complexity index is 584. The van der Waals surface area contributed by atoms with E-state index in [1.165, 1.54) is 11.8 Å². The van der Waals surface area contributed by atoms with E-state index in [1.807, 2.05) is 6.26 Å². The molecule has 1 N–H and O–H groups in total. The van der Waals surface area contributed by atoms with E-state index in [-0.39, 0.29) is 11.2 Å². The van der Waals surface area contributed by atoms with Crippen molar-refractivity contribution in [3.8, 4) is 0 Å². The SMILES string of the molecule is CSCc1nnc(SC(C)C(=O)Nc2cc(C)no2)o1. The smallest absolute Gasteiger partial charge is 0.277 e. The lowest BCUT2D eigenvalue weighted by Crippen LogP contribution is -2.22. The highest BCUT2D eigenvalue weighted by Crippen LogP contribution is 2.23. The topological polar surface area (TPSA) is 94.1 Å². The number of amides is 1. The summed E-state index contributed by atoms with van der Waals surface area (Å²) >= 11 is 2.79. The van der Waals surface area contributed by atoms with Crippen LogP contribution in [0.25, 0.3) is 0 Å². The first-order valence-corrected chi connectivity index (χ1v) is 8.08. The minimum absolute atomic E-state index is 0.212. The van der Waals surface area contributed by atoms with Crippen LogP contribution >= 0.6 is 23.5 Å². The van der Waals surface area contributed by atoms with Crippen LogP contribution in [0.3, 0.4) is 0 Å². The fourth-order valence-corrected chi connectivity index (χ4v) is 2.38. The lowest BCUT2D eigenvalue weighted by molar-refractivity contribution is -0.115. The Morgan fingerprint density at radius 1 is 1.50 bits per heavy atom. The second-order valence-corrected chi connectivity index (χ2v) is 6.13. The van der Waals surface area contributed by atoms with Crippen molar-refractivity contribution < 1.29 is 13.7 Å². The quantitative estimate of drug-likeness (QED) is 0.812. The van der Waals surface area contributed by atoms with Crippen molar-refractivity contribution in [3.05, 3.63) is 17.7 Å². The van der Waals surface area contributed by atoms with Crippen molar-refractivity contribution in [3.63, 3.8) is 0 Å². The Morgan fingerprint density at radius 3 is 2.95 bits per heavy atom. The van der Waals surface area contributed by atoms with Gasteiger partial charge in [-0.25, -0.2) is 0 Å². The molecule has 108 valence electrons. The van der Waals surface area contributed by atoms with Gasteiger partial charge >= 0.3 is 0 Å². The lowest BCUT2D eigenvalue weighted by Gasteiger charge is -2.06. The number of nitrogens with zero attached hydrogens (tertiary/aromatic N) is 3. The molecule has 1 atom stereocenters. The maximum atomic E-state index is 11.9. The summed E-state index contributed by atoms with van der Waals surface area (Å²) in [5.74, 6) is 1.33. The van der Waals surface area contributed by atoms with Gasteiger partial charge in [-0.05, 0) is 20.1 Å². The third kappa shape index (κ3) is 4.01. The van der Waals surface area contributed by atoms with E-state index in [9.17, 15) is 4.79 Å². The van der Waals surface area contributed by atoms with Crippen molar-refractivity contribution in [2.75, 3.05) is 11.6 Å². The summed E-state index contributed by atoms with van der Waals surface area (Å²) in [7, 11) is 0. The van der Waals surface area contributed by atoms with Crippen LogP contribution in [-0.4, -0.2) is 32.8 Å². The minimum Gasteiger partial charge on any atom is -0.415 e. The van der Waals surface area contributed by atoms with Gasteiger partial charge in [0.25, 0.3) is 5.22 Å². The van der Waals surface area contributed by atoms with Crippen molar-refractivity contribution >= 4 is 35.3 Å². The van der Waals surface area contributed by atoms with E-state index in [0.29, 0.717) is 28.4 Å². The molecule has 2 aromatic heterocycles. The predicted octanol–water partition coefficient (Wildman–Crippen LogP) is 2.35. The molecule has 0 radical (unpaired) electrons. The van der Waals surface area contributed by atoms with E-state index < -0.39 is 0 Å². The summed E-state index contributed by atoms with van der Waals surface area (Å²) in [4.78, 5) is 11.9. The van der Waals surface area contributed by atoms with Gasteiger partial charge in [0.05, 0.1) is 16.7 Å². The Hall–Kier alpha value is -1.48. The predicted molar refractivity (Wildman–Crippen MR) is 76.7 cm³/mol. The van der Waals surface area contributed by atoms with Gasteiger partial charge in [0.1, 0.15) is 0 Å². The van der Waals surface area contributed by atoms with E-state index in [2.05, 4.69) is 20.7 Å². The van der Waals surface area contributed by atoms with E-state index in [0.717, 1.165) is 0 Å². The second-order valence-electron chi connectivity index (χ2n) is 3.98. The van der Waals surface area contributed by atoms with Gasteiger partial charge in [-0.1, -0.05) is 16.9 Å². The maximum Gasteiger partial charge on any atom is 0.277 e. The van der Waals surface area contributed by atoms with Crippen molar-refractivity contribution in [1.29, 1.82) is 0 Å². The van der Waals surface area contributed by atoms with E-state index in [4.69, 9.17) is 8.94 Å². The molecule has 0 fully saturated rings. The van der Waals surface area contributed by atoms with Crippen molar-refractivity contribution in [1.82, 2.24) is 15.4 Å². The number of aryl methyl sites for hydroxylation is 1. The molecule has 20 heavy (non-hydrogen) atoms. The number of carbonyl (C=O) groups excluding carboxylic acids is 1. The number of hydrogen-bond acceptors (Lipinski definition) is 8. The Labute approximate surface area is 124 Å². The van der Waals surface area contributed by atoms with Gasteiger partial charge in [0.2, 0.25) is 17.7 Å². The van der Waals surface area contributed by atoms with Crippen LogP contribution in [0, 0.1) is 6.92 Å². The van der Waals surface area contributed by atoms with Gasteiger partial charge in [-0.3, -0.25) is 10.1 Å². The average Bonchev–Trinajstić information content (AvgIpc) is 2.99. The van der Waals surface area contributed by atoms with Gasteiger partial charge in [0.15, 0.2) is 0 Å². The molecule has 0 aliphatic heterocycles. The highest BCUT2D eigenvalue weighted by atomic mass is 32.2. The molecular weight excluding hydrogens is 300 g/mol. The number of rotatable bonds is 6. The first-order valence-electron chi connectivity index (χ1n) is 5.80. The van der Waals surface area contributed by atoms with Crippen LogP contribution in [0.5, 0.6) is 0 Å². The zero-order valence-corrected chi connectivity index (χ0v) is 12.9. The van der Waals surface area contributed by atoms with Gasteiger partial charge in [0, 0.05) is 6.07 Å². The minimum atomic E-state index is -0.386. The molecule has 1 unspecified atom stereocenters. The van der Waals surface area contributed by atoms with Crippen LogP contribution in [0.15, 0.2) is 20.2 Å². The monoisotopic (exact) mass is 314 g/mol. The zero-order chi connectivity index (χ0) is 14.5. The molecule has 1 amide bonds. The third-order valence-corrected chi connectivity index (χ3v) is 3.71. The number of nitrogens with one attached hydrogen (secondary N) is 1. The molecule has 0 aromatic carbocycles. The molecule has 2 heterocycles. The molecule has 0 spiro atoms.